The lowest BCUT2D eigenvalue weighted by Crippen LogP contribution is -2.50. The highest BCUT2D eigenvalue weighted by Gasteiger charge is 2.30. The van der Waals surface area contributed by atoms with E-state index in [0.717, 1.165) is 11.4 Å². The average molecular weight is 367 g/mol. The van der Waals surface area contributed by atoms with Gasteiger partial charge in [0.2, 0.25) is 5.91 Å². The largest absolute Gasteiger partial charge is 0.462 e. The highest BCUT2D eigenvalue weighted by Crippen LogP contribution is 2.33. The first-order chi connectivity index (χ1) is 12.9. The molecule has 1 aliphatic rings. The molecule has 6 nitrogen and oxygen atoms in total. The number of carbonyl (C=O) groups is 2. The molecule has 0 atom stereocenters. The van der Waals surface area contributed by atoms with Crippen molar-refractivity contribution in [1.82, 2.24) is 0 Å². The van der Waals surface area contributed by atoms with E-state index in [1.807, 2.05) is 29.2 Å². The molecule has 2 aromatic carbocycles. The summed E-state index contributed by atoms with van der Waals surface area (Å²) in [6, 6.07) is 14.8. The molecule has 0 spiro atoms. The van der Waals surface area contributed by atoms with Gasteiger partial charge in [-0.05, 0) is 45.0 Å². The Morgan fingerprint density at radius 1 is 1.15 bits per heavy atom. The summed E-state index contributed by atoms with van der Waals surface area (Å²) in [7, 11) is 0. The molecule has 0 saturated carbocycles. The second kappa shape index (κ2) is 7.70. The van der Waals surface area contributed by atoms with Crippen molar-refractivity contribution in [2.75, 3.05) is 35.2 Å². The topological polar surface area (TPSA) is 70.7 Å². The van der Waals surface area contributed by atoms with Crippen LogP contribution in [0.15, 0.2) is 48.5 Å². The molecular weight excluding hydrogens is 342 g/mol. The summed E-state index contributed by atoms with van der Waals surface area (Å²) in [6.45, 7) is 7.13. The van der Waals surface area contributed by atoms with Crippen molar-refractivity contribution in [2.24, 2.45) is 0 Å². The van der Waals surface area contributed by atoms with Crippen LogP contribution in [0.2, 0.25) is 0 Å². The Morgan fingerprint density at radius 2 is 1.85 bits per heavy atom. The molecule has 1 amide bonds. The van der Waals surface area contributed by atoms with E-state index >= 15 is 0 Å². The molecule has 1 aliphatic heterocycles. The summed E-state index contributed by atoms with van der Waals surface area (Å²) in [5.74, 6) is -0.624. The van der Waals surface area contributed by atoms with Crippen LogP contribution in [-0.4, -0.2) is 37.1 Å². The number of carbonyl (C=O) groups excluding carboxylic acids is 2. The lowest BCUT2D eigenvalue weighted by atomic mass is 9.99. The van der Waals surface area contributed by atoms with Gasteiger partial charge in [-0.15, -0.1) is 0 Å². The molecular formula is C21H25N3O3. The molecule has 0 aromatic heterocycles. The predicted octanol–water partition coefficient (Wildman–Crippen LogP) is 3.51. The van der Waals surface area contributed by atoms with Gasteiger partial charge in [-0.2, -0.15) is 0 Å². The maximum Gasteiger partial charge on any atom is 0.340 e. The third-order valence-corrected chi connectivity index (χ3v) is 4.33. The van der Waals surface area contributed by atoms with Crippen molar-refractivity contribution in [3.8, 4) is 0 Å². The number of anilines is 3. The fourth-order valence-electron chi connectivity index (χ4n) is 3.30. The molecule has 2 aromatic rings. The number of benzene rings is 2. The van der Waals surface area contributed by atoms with Gasteiger partial charge in [-0.25, -0.2) is 4.79 Å². The maximum absolute atomic E-state index is 12.7. The fraction of sp³-hybridized carbons (Fsp3) is 0.333. The Hall–Kier alpha value is -3.02. The number of nitrogens with one attached hydrogen (secondary N) is 2. The van der Waals surface area contributed by atoms with Crippen LogP contribution in [0, 0.1) is 0 Å². The van der Waals surface area contributed by atoms with Crippen molar-refractivity contribution < 1.29 is 14.3 Å². The molecule has 3 rings (SSSR count). The van der Waals surface area contributed by atoms with Gasteiger partial charge >= 0.3 is 5.97 Å². The number of hydrogen-bond donors (Lipinski definition) is 2. The van der Waals surface area contributed by atoms with Crippen LogP contribution in [-0.2, 0) is 9.53 Å². The van der Waals surface area contributed by atoms with E-state index in [4.69, 9.17) is 4.74 Å². The van der Waals surface area contributed by atoms with Crippen molar-refractivity contribution in [1.29, 1.82) is 0 Å². The molecule has 0 bridgehead atoms. The number of fused-ring (bicyclic) bond motifs is 1. The Balaban J connectivity index is 1.76. The molecule has 0 unspecified atom stereocenters. The highest BCUT2D eigenvalue weighted by molar-refractivity contribution is 6.02. The van der Waals surface area contributed by atoms with Crippen molar-refractivity contribution in [3.63, 3.8) is 0 Å². The lowest BCUT2D eigenvalue weighted by molar-refractivity contribution is -0.115. The number of nitrogens with zero attached hydrogens (tertiary/aromatic N) is 1. The quantitative estimate of drug-likeness (QED) is 0.792. The van der Waals surface area contributed by atoms with Crippen molar-refractivity contribution in [3.05, 3.63) is 54.1 Å². The number of para-hydroxylation sites is 3. The standard InChI is InChI=1S/C21H25N3O3/c1-4-27-20(26)15-9-5-6-10-16(15)22-19(25)13-24-14-21(2,3)23-17-11-7-8-12-18(17)24/h5-12,23H,4,13-14H2,1-3H3,(H,22,25). The zero-order chi connectivity index (χ0) is 19.4. The van der Waals surface area contributed by atoms with Gasteiger partial charge < -0.3 is 20.3 Å². The molecule has 0 saturated heterocycles. The minimum atomic E-state index is -0.443. The lowest BCUT2D eigenvalue weighted by Gasteiger charge is -2.41. The molecule has 0 fully saturated rings. The zero-order valence-electron chi connectivity index (χ0n) is 15.9. The number of hydrogen-bond acceptors (Lipinski definition) is 5. The summed E-state index contributed by atoms with van der Waals surface area (Å²) in [4.78, 5) is 26.9. The maximum atomic E-state index is 12.7. The van der Waals surface area contributed by atoms with Gasteiger partial charge in [0.25, 0.3) is 0 Å². The summed E-state index contributed by atoms with van der Waals surface area (Å²) in [6.07, 6.45) is 0. The first kappa shape index (κ1) is 18.8. The van der Waals surface area contributed by atoms with E-state index in [-0.39, 0.29) is 24.6 Å². The van der Waals surface area contributed by atoms with E-state index in [1.165, 1.54) is 0 Å². The van der Waals surface area contributed by atoms with Crippen LogP contribution < -0.4 is 15.5 Å². The zero-order valence-corrected chi connectivity index (χ0v) is 15.9. The Morgan fingerprint density at radius 3 is 2.63 bits per heavy atom. The number of ether oxygens (including phenoxy) is 1. The molecule has 6 heteroatoms. The van der Waals surface area contributed by atoms with Gasteiger partial charge in [0.15, 0.2) is 0 Å². The Kier molecular flexibility index (Phi) is 5.35. The van der Waals surface area contributed by atoms with Gasteiger partial charge in [-0.3, -0.25) is 4.79 Å². The second-order valence-corrected chi connectivity index (χ2v) is 7.20. The van der Waals surface area contributed by atoms with Crippen LogP contribution in [0.4, 0.5) is 17.1 Å². The molecule has 142 valence electrons. The monoisotopic (exact) mass is 367 g/mol. The highest BCUT2D eigenvalue weighted by atomic mass is 16.5. The van der Waals surface area contributed by atoms with E-state index in [1.54, 1.807) is 31.2 Å². The van der Waals surface area contributed by atoms with Crippen LogP contribution in [0.25, 0.3) is 0 Å². The second-order valence-electron chi connectivity index (χ2n) is 7.20. The predicted molar refractivity (Wildman–Crippen MR) is 107 cm³/mol. The minimum Gasteiger partial charge on any atom is -0.462 e. The van der Waals surface area contributed by atoms with Crippen LogP contribution in [0.3, 0.4) is 0 Å². The van der Waals surface area contributed by atoms with E-state index in [2.05, 4.69) is 24.5 Å². The Labute approximate surface area is 159 Å². The van der Waals surface area contributed by atoms with E-state index in [9.17, 15) is 9.59 Å². The summed E-state index contributed by atoms with van der Waals surface area (Å²) in [5.41, 5.74) is 2.66. The molecule has 0 aliphatic carbocycles. The van der Waals surface area contributed by atoms with E-state index < -0.39 is 5.97 Å². The Bertz CT molecular complexity index is 848. The van der Waals surface area contributed by atoms with Gasteiger partial charge in [0, 0.05) is 12.1 Å². The molecule has 2 N–H and O–H groups in total. The van der Waals surface area contributed by atoms with E-state index in [0.29, 0.717) is 17.8 Å². The third-order valence-electron chi connectivity index (χ3n) is 4.33. The van der Waals surface area contributed by atoms with Crippen LogP contribution in [0.5, 0.6) is 0 Å². The molecule has 27 heavy (non-hydrogen) atoms. The number of amides is 1. The van der Waals surface area contributed by atoms with Crippen LogP contribution in [0.1, 0.15) is 31.1 Å². The normalized spacial score (nSPS) is 14.7. The third kappa shape index (κ3) is 4.39. The number of esters is 1. The summed E-state index contributed by atoms with van der Waals surface area (Å²) in [5, 5.41) is 6.35. The summed E-state index contributed by atoms with van der Waals surface area (Å²) < 4.78 is 5.06. The first-order valence-corrected chi connectivity index (χ1v) is 9.08. The van der Waals surface area contributed by atoms with Gasteiger partial charge in [0.1, 0.15) is 0 Å². The molecule has 1 heterocycles. The first-order valence-electron chi connectivity index (χ1n) is 9.08. The number of rotatable bonds is 5. The summed E-state index contributed by atoms with van der Waals surface area (Å²) >= 11 is 0. The minimum absolute atomic E-state index is 0.155. The van der Waals surface area contributed by atoms with Crippen molar-refractivity contribution in [2.45, 2.75) is 26.3 Å². The van der Waals surface area contributed by atoms with Crippen LogP contribution >= 0.6 is 0 Å². The molecule has 0 radical (unpaired) electrons. The fourth-order valence-corrected chi connectivity index (χ4v) is 3.30. The van der Waals surface area contributed by atoms with Gasteiger partial charge in [-0.1, -0.05) is 24.3 Å². The average Bonchev–Trinajstić information content (AvgIpc) is 2.61. The van der Waals surface area contributed by atoms with Gasteiger partial charge in [0.05, 0.1) is 35.8 Å². The van der Waals surface area contributed by atoms with Crippen molar-refractivity contribution >= 4 is 28.9 Å². The smallest absolute Gasteiger partial charge is 0.340 e. The SMILES string of the molecule is CCOC(=O)c1ccccc1NC(=O)CN1CC(C)(C)Nc2ccccc21.